The van der Waals surface area contributed by atoms with Crippen molar-refractivity contribution in [3.05, 3.63) is 0 Å². The fourth-order valence-electron chi connectivity index (χ4n) is 10.1. The molecule has 2 N–H and O–H groups in total. The molecule has 0 aliphatic rings. The highest BCUT2D eigenvalue weighted by atomic mass is 31.2. The van der Waals surface area contributed by atoms with Crippen LogP contribution in [0.25, 0.3) is 0 Å². The lowest BCUT2D eigenvalue weighted by atomic mass is 10.0. The van der Waals surface area contributed by atoms with E-state index in [1.165, 1.54) is 276 Å². The summed E-state index contributed by atoms with van der Waals surface area (Å²) in [5.41, 5.74) is 0. The van der Waals surface area contributed by atoms with Crippen molar-refractivity contribution in [2.45, 2.75) is 353 Å². The molecule has 71 heavy (non-hydrogen) atoms. The van der Waals surface area contributed by atoms with E-state index in [0.29, 0.717) is 23.9 Å². The van der Waals surface area contributed by atoms with E-state index in [1.807, 2.05) is 21.1 Å². The van der Waals surface area contributed by atoms with Crippen LogP contribution in [-0.4, -0.2) is 68.5 Å². The fourth-order valence-corrected chi connectivity index (χ4v) is 10.8. The Hall–Kier alpha value is -0.500. The zero-order chi connectivity index (χ0) is 52.0. The molecule has 0 fully saturated rings. The van der Waals surface area contributed by atoms with Gasteiger partial charge in [0.15, 0.2) is 0 Å². The average molecular weight is 1030 g/mol. The predicted octanol–water partition coefficient (Wildman–Crippen LogP) is 19.0. The first-order chi connectivity index (χ1) is 34.5. The smallest absolute Gasteiger partial charge is 0.268 e. The SMILES string of the molecule is CCCCCCCCCCCCCCCCCCCCCCCCCCCC(=O)NC(COP(=O)([O-])OCC[N+](C)(C)C)C(O)CCCCCCCCCCCCCCCCCCCCCCCCCC. The molecular weight excluding hydrogens is 900 g/mol. The Morgan fingerprint density at radius 3 is 0.958 bits per heavy atom. The molecule has 0 radical (unpaired) electrons. The summed E-state index contributed by atoms with van der Waals surface area (Å²) in [7, 11) is 1.33. The lowest BCUT2D eigenvalue weighted by Gasteiger charge is -2.30. The highest BCUT2D eigenvalue weighted by molar-refractivity contribution is 7.45. The van der Waals surface area contributed by atoms with E-state index in [4.69, 9.17) is 9.05 Å². The van der Waals surface area contributed by atoms with Crippen molar-refractivity contribution in [1.29, 1.82) is 0 Å². The van der Waals surface area contributed by atoms with Gasteiger partial charge in [0.2, 0.25) is 5.91 Å². The normalized spacial score (nSPS) is 13.7. The summed E-state index contributed by atoms with van der Waals surface area (Å²) in [5.74, 6) is -0.155. The lowest BCUT2D eigenvalue weighted by Crippen LogP contribution is -2.46. The van der Waals surface area contributed by atoms with Gasteiger partial charge >= 0.3 is 0 Å². The minimum atomic E-state index is -4.57. The minimum Gasteiger partial charge on any atom is -0.756 e. The van der Waals surface area contributed by atoms with Crippen molar-refractivity contribution < 1.29 is 32.9 Å². The van der Waals surface area contributed by atoms with Crippen LogP contribution in [0.4, 0.5) is 0 Å². The van der Waals surface area contributed by atoms with E-state index in [0.717, 1.165) is 38.5 Å². The summed E-state index contributed by atoms with van der Waals surface area (Å²) in [6, 6.07) is -0.796. The van der Waals surface area contributed by atoms with E-state index < -0.39 is 20.0 Å². The zero-order valence-electron chi connectivity index (χ0n) is 48.7. The average Bonchev–Trinajstić information content (AvgIpc) is 3.33. The largest absolute Gasteiger partial charge is 0.756 e. The highest BCUT2D eigenvalue weighted by Crippen LogP contribution is 2.38. The first kappa shape index (κ1) is 70.5. The summed E-state index contributed by atoms with van der Waals surface area (Å²) in [4.78, 5) is 25.6. The number of quaternary nitrogens is 1. The summed E-state index contributed by atoms with van der Waals surface area (Å²) in [6.45, 7) is 4.79. The molecule has 0 saturated heterocycles. The molecule has 0 aromatic heterocycles. The van der Waals surface area contributed by atoms with Crippen molar-refractivity contribution in [3.63, 3.8) is 0 Å². The number of phosphoric acid groups is 1. The van der Waals surface area contributed by atoms with Crippen LogP contribution < -0.4 is 10.2 Å². The van der Waals surface area contributed by atoms with Crippen molar-refractivity contribution >= 4 is 13.7 Å². The molecule has 0 aliphatic heterocycles. The van der Waals surface area contributed by atoms with Gasteiger partial charge in [0.25, 0.3) is 7.82 Å². The summed E-state index contributed by atoms with van der Waals surface area (Å²) in [5, 5.41) is 14.1. The summed E-state index contributed by atoms with van der Waals surface area (Å²) >= 11 is 0. The molecule has 0 saturated carbocycles. The number of rotatable bonds is 60. The Morgan fingerprint density at radius 1 is 0.437 bits per heavy atom. The van der Waals surface area contributed by atoms with Crippen LogP contribution in [0, 0.1) is 0 Å². The number of likely N-dealkylation sites (N-methyl/N-ethyl adjacent to an activating group) is 1. The molecule has 0 spiro atoms. The first-order valence-corrected chi connectivity index (χ1v) is 33.3. The van der Waals surface area contributed by atoms with Gasteiger partial charge in [-0.2, -0.15) is 0 Å². The van der Waals surface area contributed by atoms with E-state index in [1.54, 1.807) is 0 Å². The maximum atomic E-state index is 13.0. The number of unbranched alkanes of at least 4 members (excludes halogenated alkanes) is 47. The molecule has 0 aliphatic carbocycles. The van der Waals surface area contributed by atoms with Crippen LogP contribution >= 0.6 is 7.82 Å². The fraction of sp³-hybridized carbons (Fsp3) is 0.984. The number of amides is 1. The molecule has 9 heteroatoms. The Morgan fingerprint density at radius 2 is 0.690 bits per heavy atom. The summed E-state index contributed by atoms with van der Waals surface area (Å²) < 4.78 is 23.5. The first-order valence-electron chi connectivity index (χ1n) is 31.9. The van der Waals surface area contributed by atoms with E-state index >= 15 is 0 Å². The van der Waals surface area contributed by atoms with Gasteiger partial charge in [0.05, 0.1) is 39.9 Å². The maximum absolute atomic E-state index is 13.0. The van der Waals surface area contributed by atoms with Crippen LogP contribution in [0.2, 0.25) is 0 Å². The van der Waals surface area contributed by atoms with E-state index in [9.17, 15) is 19.4 Å². The molecular formula is C62H127N2O6P. The number of hydrogen-bond donors (Lipinski definition) is 2. The Labute approximate surface area is 444 Å². The lowest BCUT2D eigenvalue weighted by molar-refractivity contribution is -0.870. The monoisotopic (exact) mass is 1030 g/mol. The Balaban J connectivity index is 4.06. The highest BCUT2D eigenvalue weighted by Gasteiger charge is 2.24. The number of aliphatic hydroxyl groups excluding tert-OH is 1. The van der Waals surface area contributed by atoms with Gasteiger partial charge < -0.3 is 28.8 Å². The van der Waals surface area contributed by atoms with Gasteiger partial charge in [-0.1, -0.05) is 322 Å². The van der Waals surface area contributed by atoms with Gasteiger partial charge in [-0.05, 0) is 12.8 Å². The molecule has 0 rings (SSSR count). The van der Waals surface area contributed by atoms with Crippen LogP contribution in [0.3, 0.4) is 0 Å². The number of phosphoric ester groups is 1. The minimum absolute atomic E-state index is 0.0168. The second kappa shape index (κ2) is 54.3. The Kier molecular flexibility index (Phi) is 53.9. The quantitative estimate of drug-likeness (QED) is 0.0357. The number of aliphatic hydroxyl groups is 1. The maximum Gasteiger partial charge on any atom is 0.268 e. The van der Waals surface area contributed by atoms with Crippen molar-refractivity contribution in [1.82, 2.24) is 5.32 Å². The second-order valence-corrected chi connectivity index (χ2v) is 24.9. The number of nitrogens with one attached hydrogen (secondary N) is 1. The van der Waals surface area contributed by atoms with E-state index in [-0.39, 0.29) is 19.1 Å². The third-order valence-corrected chi connectivity index (χ3v) is 16.1. The molecule has 0 heterocycles. The standard InChI is InChI=1S/C62H127N2O6P/c1-6-8-10-12-14-16-18-20-22-24-26-28-30-32-34-36-38-40-42-44-46-48-50-52-54-56-62(66)63-60(59-70-71(67,68)69-58-57-64(3,4)5)61(65)55-53-51-49-47-45-43-41-39-37-35-33-31-29-27-25-23-21-19-17-15-13-11-9-7-2/h60-61,65H,6-59H2,1-5H3,(H-,63,66,67,68). The molecule has 0 aromatic carbocycles. The molecule has 3 atom stereocenters. The molecule has 8 nitrogen and oxygen atoms in total. The van der Waals surface area contributed by atoms with Gasteiger partial charge in [-0.25, -0.2) is 0 Å². The van der Waals surface area contributed by atoms with Crippen molar-refractivity contribution in [2.24, 2.45) is 0 Å². The van der Waals surface area contributed by atoms with Crippen LogP contribution in [0.15, 0.2) is 0 Å². The number of carbonyl (C=O) groups excluding carboxylic acids is 1. The van der Waals surface area contributed by atoms with Crippen molar-refractivity contribution in [3.8, 4) is 0 Å². The third kappa shape index (κ3) is 57.1. The topological polar surface area (TPSA) is 108 Å². The summed E-state index contributed by atoms with van der Waals surface area (Å²) in [6.07, 6.45) is 65.8. The van der Waals surface area contributed by atoms with Gasteiger partial charge in [0.1, 0.15) is 13.2 Å². The van der Waals surface area contributed by atoms with Crippen LogP contribution in [-0.2, 0) is 18.4 Å². The second-order valence-electron chi connectivity index (χ2n) is 23.5. The van der Waals surface area contributed by atoms with Gasteiger partial charge in [0, 0.05) is 6.42 Å². The third-order valence-electron chi connectivity index (χ3n) is 15.1. The molecule has 1 amide bonds. The zero-order valence-corrected chi connectivity index (χ0v) is 49.6. The number of carbonyl (C=O) groups is 1. The van der Waals surface area contributed by atoms with Crippen LogP contribution in [0.1, 0.15) is 341 Å². The van der Waals surface area contributed by atoms with Gasteiger partial charge in [-0.3, -0.25) is 9.36 Å². The molecule has 3 unspecified atom stereocenters. The van der Waals surface area contributed by atoms with E-state index in [2.05, 4.69) is 19.2 Å². The van der Waals surface area contributed by atoms with Crippen LogP contribution in [0.5, 0.6) is 0 Å². The predicted molar refractivity (Wildman–Crippen MR) is 307 cm³/mol. The number of hydrogen-bond acceptors (Lipinski definition) is 6. The molecule has 0 aromatic rings. The molecule has 0 bridgehead atoms. The van der Waals surface area contributed by atoms with Gasteiger partial charge in [-0.15, -0.1) is 0 Å². The molecule has 426 valence electrons. The van der Waals surface area contributed by atoms with Crippen molar-refractivity contribution in [2.75, 3.05) is 40.9 Å². The number of nitrogens with zero attached hydrogens (tertiary/aromatic N) is 1. The Bertz CT molecular complexity index is 1120.